The number of aromatic amines is 1. The Kier molecular flexibility index (Phi) is 8.45. The van der Waals surface area contributed by atoms with E-state index in [2.05, 4.69) is 27.1 Å². The number of hydrogen-bond donors (Lipinski definition) is 2. The molecule has 2 aromatic rings. The number of carbonyl (C=O) groups excluding carboxylic acids is 1. The zero-order valence-corrected chi connectivity index (χ0v) is 21.0. The van der Waals surface area contributed by atoms with E-state index in [1.807, 2.05) is 13.8 Å². The first-order chi connectivity index (χ1) is 16.2. The SMILES string of the molecule is CCCNc1nc(-c2cc(S(=O)(=O)N3CCN(CC)CC3)ccc2OCC)[nH]c(=O)c1C(C)=O. The molecule has 0 saturated carbocycles. The highest BCUT2D eigenvalue weighted by Crippen LogP contribution is 2.32. The number of benzene rings is 1. The summed E-state index contributed by atoms with van der Waals surface area (Å²) in [5.41, 5.74) is -0.322. The normalized spacial score (nSPS) is 15.3. The number of hydrogen-bond acceptors (Lipinski definition) is 8. The van der Waals surface area contributed by atoms with Gasteiger partial charge in [0.25, 0.3) is 5.56 Å². The number of nitrogens with zero attached hydrogens (tertiary/aromatic N) is 3. The van der Waals surface area contributed by atoms with Gasteiger partial charge in [0.05, 0.1) is 17.1 Å². The number of carbonyl (C=O) groups is 1. The van der Waals surface area contributed by atoms with Crippen LogP contribution in [0.15, 0.2) is 27.9 Å². The molecule has 1 aliphatic heterocycles. The number of sulfonamides is 1. The van der Waals surface area contributed by atoms with Crippen LogP contribution in [0.3, 0.4) is 0 Å². The smallest absolute Gasteiger partial charge is 0.264 e. The van der Waals surface area contributed by atoms with E-state index in [0.29, 0.717) is 50.6 Å². The van der Waals surface area contributed by atoms with Crippen molar-refractivity contribution in [1.82, 2.24) is 19.2 Å². The molecule has 2 heterocycles. The Morgan fingerprint density at radius 1 is 1.18 bits per heavy atom. The molecule has 0 radical (unpaired) electrons. The number of anilines is 1. The van der Waals surface area contributed by atoms with Crippen LogP contribution >= 0.6 is 0 Å². The molecule has 1 aromatic carbocycles. The third-order valence-corrected chi connectivity index (χ3v) is 7.63. The summed E-state index contributed by atoms with van der Waals surface area (Å²) in [6.45, 7) is 11.0. The average Bonchev–Trinajstić information content (AvgIpc) is 2.82. The Hall–Kier alpha value is -2.76. The predicted molar refractivity (Wildman–Crippen MR) is 131 cm³/mol. The summed E-state index contributed by atoms with van der Waals surface area (Å²) >= 11 is 0. The molecule has 2 N–H and O–H groups in total. The molecule has 1 aliphatic rings. The number of aromatic nitrogens is 2. The van der Waals surface area contributed by atoms with E-state index in [9.17, 15) is 18.0 Å². The van der Waals surface area contributed by atoms with E-state index < -0.39 is 21.4 Å². The lowest BCUT2D eigenvalue weighted by atomic mass is 10.1. The van der Waals surface area contributed by atoms with Gasteiger partial charge in [0.1, 0.15) is 23.0 Å². The highest BCUT2D eigenvalue weighted by atomic mass is 32.2. The van der Waals surface area contributed by atoms with Crippen LogP contribution in [0.4, 0.5) is 5.82 Å². The van der Waals surface area contributed by atoms with Gasteiger partial charge in [-0.05, 0) is 45.0 Å². The fourth-order valence-electron chi connectivity index (χ4n) is 3.87. The molecule has 3 rings (SSSR count). The van der Waals surface area contributed by atoms with Gasteiger partial charge in [0.15, 0.2) is 5.78 Å². The van der Waals surface area contributed by atoms with Gasteiger partial charge in [0.2, 0.25) is 10.0 Å². The lowest BCUT2D eigenvalue weighted by Crippen LogP contribution is -2.48. The monoisotopic (exact) mass is 491 g/mol. The molecule has 11 heteroatoms. The van der Waals surface area contributed by atoms with E-state index in [1.165, 1.54) is 23.4 Å². The molecule has 0 spiro atoms. The van der Waals surface area contributed by atoms with Crippen LogP contribution in [-0.4, -0.2) is 79.2 Å². The second-order valence-corrected chi connectivity index (χ2v) is 9.99. The third-order valence-electron chi connectivity index (χ3n) is 5.74. The molecule has 10 nitrogen and oxygen atoms in total. The molecule has 34 heavy (non-hydrogen) atoms. The predicted octanol–water partition coefficient (Wildman–Crippen LogP) is 2.19. The van der Waals surface area contributed by atoms with Crippen LogP contribution in [0.1, 0.15) is 44.5 Å². The number of ketones is 1. The van der Waals surface area contributed by atoms with Crippen molar-refractivity contribution < 1.29 is 17.9 Å². The largest absolute Gasteiger partial charge is 0.493 e. The number of rotatable bonds is 10. The summed E-state index contributed by atoms with van der Waals surface area (Å²) < 4.78 is 33.9. The summed E-state index contributed by atoms with van der Waals surface area (Å²) in [7, 11) is -3.75. The molecule has 1 saturated heterocycles. The standard InChI is InChI=1S/C23H33N5O5S/c1-5-10-24-22-20(16(4)29)23(30)26-21(25-22)18-15-17(8-9-19(18)33-7-3)34(31,32)28-13-11-27(6-2)12-14-28/h8-9,15H,5-7,10-14H2,1-4H3,(H2,24,25,26,30). The molecule has 0 unspecified atom stereocenters. The van der Waals surface area contributed by atoms with E-state index >= 15 is 0 Å². The molecule has 0 aliphatic carbocycles. The van der Waals surface area contributed by atoms with E-state index in [1.54, 1.807) is 6.07 Å². The molecular weight excluding hydrogens is 458 g/mol. The van der Waals surface area contributed by atoms with Gasteiger partial charge in [-0.1, -0.05) is 13.8 Å². The second kappa shape index (κ2) is 11.1. The first kappa shape index (κ1) is 25.9. The fourth-order valence-corrected chi connectivity index (χ4v) is 5.32. The second-order valence-electron chi connectivity index (χ2n) is 8.05. The maximum absolute atomic E-state index is 13.4. The van der Waals surface area contributed by atoms with Crippen LogP contribution in [0.25, 0.3) is 11.4 Å². The first-order valence-corrected chi connectivity index (χ1v) is 13.1. The fraction of sp³-hybridized carbons (Fsp3) is 0.522. The Balaban J connectivity index is 2.09. The number of ether oxygens (including phenoxy) is 1. The number of piperazine rings is 1. The minimum atomic E-state index is -3.75. The molecular formula is C23H33N5O5S. The molecule has 186 valence electrons. The molecule has 0 amide bonds. The van der Waals surface area contributed by atoms with Gasteiger partial charge >= 0.3 is 0 Å². The summed E-state index contributed by atoms with van der Waals surface area (Å²) in [6, 6.07) is 4.56. The highest BCUT2D eigenvalue weighted by Gasteiger charge is 2.29. The van der Waals surface area contributed by atoms with Gasteiger partial charge in [-0.2, -0.15) is 4.31 Å². The number of nitrogens with one attached hydrogen (secondary N) is 2. The van der Waals surface area contributed by atoms with E-state index in [4.69, 9.17) is 4.74 Å². The van der Waals surface area contributed by atoms with Crippen LogP contribution in [-0.2, 0) is 10.0 Å². The molecule has 1 fully saturated rings. The zero-order chi connectivity index (χ0) is 24.9. The topological polar surface area (TPSA) is 125 Å². The minimum absolute atomic E-state index is 0.0623. The van der Waals surface area contributed by atoms with Gasteiger partial charge in [-0.3, -0.25) is 9.59 Å². The van der Waals surface area contributed by atoms with Crippen LogP contribution in [0.2, 0.25) is 0 Å². The van der Waals surface area contributed by atoms with E-state index in [0.717, 1.165) is 13.0 Å². The Morgan fingerprint density at radius 2 is 1.88 bits per heavy atom. The van der Waals surface area contributed by atoms with Crippen molar-refractivity contribution in [3.8, 4) is 17.1 Å². The van der Waals surface area contributed by atoms with Crippen molar-refractivity contribution in [3.63, 3.8) is 0 Å². The van der Waals surface area contributed by atoms with E-state index in [-0.39, 0.29) is 22.1 Å². The van der Waals surface area contributed by atoms with Crippen molar-refractivity contribution >= 4 is 21.6 Å². The van der Waals surface area contributed by atoms with Gasteiger partial charge in [-0.15, -0.1) is 0 Å². The van der Waals surface area contributed by atoms with Crippen LogP contribution < -0.4 is 15.6 Å². The van der Waals surface area contributed by atoms with Crippen molar-refractivity contribution in [2.45, 2.75) is 39.0 Å². The minimum Gasteiger partial charge on any atom is -0.493 e. The summed E-state index contributed by atoms with van der Waals surface area (Å²) in [4.78, 5) is 34.2. The molecule has 1 aromatic heterocycles. The number of likely N-dealkylation sites (N-methyl/N-ethyl adjacent to an activating group) is 1. The maximum Gasteiger partial charge on any atom is 0.264 e. The van der Waals surface area contributed by atoms with Crippen molar-refractivity contribution in [2.75, 3.05) is 51.2 Å². The Bertz CT molecular complexity index is 1190. The van der Waals surface area contributed by atoms with Gasteiger partial charge in [-0.25, -0.2) is 13.4 Å². The summed E-state index contributed by atoms with van der Waals surface area (Å²) in [6.07, 6.45) is 0.768. The lowest BCUT2D eigenvalue weighted by molar-refractivity contribution is 0.101. The van der Waals surface area contributed by atoms with Crippen molar-refractivity contribution in [1.29, 1.82) is 0 Å². The van der Waals surface area contributed by atoms with Gasteiger partial charge in [0, 0.05) is 32.7 Å². The third kappa shape index (κ3) is 5.48. The molecule has 0 atom stereocenters. The highest BCUT2D eigenvalue weighted by molar-refractivity contribution is 7.89. The quantitative estimate of drug-likeness (QED) is 0.485. The summed E-state index contributed by atoms with van der Waals surface area (Å²) in [5.74, 6) is 0.272. The van der Waals surface area contributed by atoms with Gasteiger partial charge < -0.3 is 19.9 Å². The van der Waals surface area contributed by atoms with Crippen molar-refractivity contribution in [3.05, 3.63) is 34.1 Å². The van der Waals surface area contributed by atoms with Crippen molar-refractivity contribution in [2.24, 2.45) is 0 Å². The molecule has 0 bridgehead atoms. The maximum atomic E-state index is 13.4. The summed E-state index contributed by atoms with van der Waals surface area (Å²) in [5, 5.41) is 3.03. The van der Waals surface area contributed by atoms with Crippen LogP contribution in [0, 0.1) is 0 Å². The van der Waals surface area contributed by atoms with Crippen LogP contribution in [0.5, 0.6) is 5.75 Å². The Labute approximate surface area is 200 Å². The first-order valence-electron chi connectivity index (χ1n) is 11.6. The average molecular weight is 492 g/mol. The Morgan fingerprint density at radius 3 is 2.47 bits per heavy atom. The zero-order valence-electron chi connectivity index (χ0n) is 20.2. The number of Topliss-reactive ketones (excluding diaryl/α,β-unsaturated/α-hetero) is 1. The number of H-pyrrole nitrogens is 1. The lowest BCUT2D eigenvalue weighted by Gasteiger charge is -2.33.